The van der Waals surface area contributed by atoms with E-state index in [0.29, 0.717) is 5.82 Å². The van der Waals surface area contributed by atoms with Gasteiger partial charge in [0.1, 0.15) is 11.6 Å². The van der Waals surface area contributed by atoms with Crippen LogP contribution in [-0.4, -0.2) is 28.6 Å². The van der Waals surface area contributed by atoms with Gasteiger partial charge in [-0.1, -0.05) is 28.1 Å². The van der Waals surface area contributed by atoms with Gasteiger partial charge in [-0.05, 0) is 41.8 Å². The number of methoxy groups -OCH3 is 1. The molecule has 0 aliphatic rings. The van der Waals surface area contributed by atoms with Crippen LogP contribution in [0.3, 0.4) is 0 Å². The highest BCUT2D eigenvalue weighted by molar-refractivity contribution is 9.09. The lowest BCUT2D eigenvalue weighted by molar-refractivity contribution is 0.201. The maximum Gasteiger partial charge on any atom is 0.413 e. The van der Waals surface area contributed by atoms with Crippen molar-refractivity contribution in [2.75, 3.05) is 17.3 Å². The largest absolute Gasteiger partial charge is 0.497 e. The van der Waals surface area contributed by atoms with Crippen LogP contribution < -0.4 is 9.64 Å². The van der Waals surface area contributed by atoms with Gasteiger partial charge in [-0.15, -0.1) is 0 Å². The lowest BCUT2D eigenvalue weighted by atomic mass is 10.2. The molecule has 1 aromatic heterocycles. The van der Waals surface area contributed by atoms with Crippen LogP contribution >= 0.6 is 15.9 Å². The molecule has 22 heavy (non-hydrogen) atoms. The predicted octanol–water partition coefficient (Wildman–Crippen LogP) is 3.71. The number of alkyl halides is 1. The Morgan fingerprint density at radius 1 is 1.27 bits per heavy atom. The molecule has 1 aromatic carbocycles. The molecule has 6 heteroatoms. The molecule has 5 nitrogen and oxygen atoms in total. The number of rotatable bonds is 6. The number of halogens is 1. The molecule has 1 N–H and O–H groups in total. The molecule has 0 unspecified atom stereocenters. The van der Waals surface area contributed by atoms with E-state index in [1.165, 1.54) is 4.90 Å². The fourth-order valence-electron chi connectivity index (χ4n) is 2.03. The average molecular weight is 365 g/mol. The smallest absolute Gasteiger partial charge is 0.413 e. The number of ether oxygens (including phenoxy) is 1. The Balaban J connectivity index is 2.22. The van der Waals surface area contributed by atoms with Crippen molar-refractivity contribution >= 4 is 27.8 Å². The van der Waals surface area contributed by atoms with E-state index in [2.05, 4.69) is 20.9 Å². The lowest BCUT2D eigenvalue weighted by Gasteiger charge is -2.19. The van der Waals surface area contributed by atoms with Gasteiger partial charge in [0, 0.05) is 11.5 Å². The highest BCUT2D eigenvalue weighted by Crippen LogP contribution is 2.19. The van der Waals surface area contributed by atoms with Crippen LogP contribution in [0, 0.1) is 0 Å². The van der Waals surface area contributed by atoms with E-state index in [0.717, 1.165) is 28.6 Å². The van der Waals surface area contributed by atoms with Gasteiger partial charge in [-0.3, -0.25) is 4.90 Å². The number of amides is 1. The molecule has 0 aliphatic heterocycles. The lowest BCUT2D eigenvalue weighted by Crippen LogP contribution is -2.29. The van der Waals surface area contributed by atoms with Gasteiger partial charge in [0.2, 0.25) is 0 Å². The average Bonchev–Trinajstić information content (AvgIpc) is 2.53. The fraction of sp³-hybridized carbons (Fsp3) is 0.250. The molecule has 0 bridgehead atoms. The van der Waals surface area contributed by atoms with Gasteiger partial charge in [0.05, 0.1) is 13.7 Å². The summed E-state index contributed by atoms with van der Waals surface area (Å²) in [7, 11) is 1.60. The van der Waals surface area contributed by atoms with Gasteiger partial charge < -0.3 is 9.84 Å². The number of aromatic nitrogens is 1. The number of nitrogens with zero attached hydrogens (tertiary/aromatic N) is 2. The van der Waals surface area contributed by atoms with Crippen LogP contribution in [0.1, 0.15) is 11.1 Å². The van der Waals surface area contributed by atoms with Crippen LogP contribution in [0.15, 0.2) is 42.6 Å². The van der Waals surface area contributed by atoms with Crippen LogP contribution in [0.2, 0.25) is 0 Å². The Hall–Kier alpha value is -2.08. The highest BCUT2D eigenvalue weighted by Gasteiger charge is 2.16. The normalized spacial score (nSPS) is 10.3. The quantitative estimate of drug-likeness (QED) is 0.793. The number of hydrogen-bond acceptors (Lipinski definition) is 3. The Labute approximate surface area is 137 Å². The SMILES string of the molecule is COc1ccc(CN(C(=O)O)c2cc(CCBr)ccn2)cc1. The number of hydrogen-bond donors (Lipinski definition) is 1. The van der Waals surface area contributed by atoms with Crippen molar-refractivity contribution in [3.05, 3.63) is 53.7 Å². The monoisotopic (exact) mass is 364 g/mol. The van der Waals surface area contributed by atoms with Crippen LogP contribution in [0.25, 0.3) is 0 Å². The third-order valence-corrected chi connectivity index (χ3v) is 3.60. The van der Waals surface area contributed by atoms with Crippen molar-refractivity contribution in [1.82, 2.24) is 4.98 Å². The van der Waals surface area contributed by atoms with Crippen molar-refractivity contribution in [3.63, 3.8) is 0 Å². The number of benzene rings is 1. The Morgan fingerprint density at radius 3 is 2.59 bits per heavy atom. The van der Waals surface area contributed by atoms with Crippen LogP contribution in [0.4, 0.5) is 10.6 Å². The first-order valence-electron chi connectivity index (χ1n) is 6.78. The number of aryl methyl sites for hydroxylation is 1. The van der Waals surface area contributed by atoms with E-state index in [4.69, 9.17) is 4.74 Å². The summed E-state index contributed by atoms with van der Waals surface area (Å²) in [5, 5.41) is 10.3. The minimum Gasteiger partial charge on any atom is -0.497 e. The van der Waals surface area contributed by atoms with Gasteiger partial charge in [-0.25, -0.2) is 9.78 Å². The number of carboxylic acid groups (broad SMARTS) is 1. The zero-order chi connectivity index (χ0) is 15.9. The molecular formula is C16H17BrN2O3. The molecule has 1 amide bonds. The van der Waals surface area contributed by atoms with Crippen molar-refractivity contribution in [2.45, 2.75) is 13.0 Å². The first-order chi connectivity index (χ1) is 10.6. The highest BCUT2D eigenvalue weighted by atomic mass is 79.9. The molecule has 116 valence electrons. The first-order valence-corrected chi connectivity index (χ1v) is 7.90. The van der Waals surface area contributed by atoms with Gasteiger partial charge in [-0.2, -0.15) is 0 Å². The zero-order valence-electron chi connectivity index (χ0n) is 12.2. The summed E-state index contributed by atoms with van der Waals surface area (Å²) in [6.07, 6.45) is 1.43. The standard InChI is InChI=1S/C16H17BrN2O3/c1-22-14-4-2-13(3-5-14)11-19(16(20)21)15-10-12(6-8-17)7-9-18-15/h2-5,7,9-10H,6,8,11H2,1H3,(H,20,21). The number of pyridine rings is 1. The fourth-order valence-corrected chi connectivity index (χ4v) is 2.49. The van der Waals surface area contributed by atoms with Crippen molar-refractivity contribution < 1.29 is 14.6 Å². The van der Waals surface area contributed by atoms with E-state index in [9.17, 15) is 9.90 Å². The summed E-state index contributed by atoms with van der Waals surface area (Å²) in [5.41, 5.74) is 1.92. The molecule has 0 saturated carbocycles. The van der Waals surface area contributed by atoms with E-state index in [1.54, 1.807) is 19.4 Å². The molecular weight excluding hydrogens is 348 g/mol. The summed E-state index contributed by atoms with van der Waals surface area (Å²) in [6, 6.07) is 11.0. The van der Waals surface area contributed by atoms with Crippen LogP contribution in [-0.2, 0) is 13.0 Å². The summed E-state index contributed by atoms with van der Waals surface area (Å²) in [4.78, 5) is 17.0. The second-order valence-electron chi connectivity index (χ2n) is 4.68. The second-order valence-corrected chi connectivity index (χ2v) is 5.47. The van der Waals surface area contributed by atoms with Crippen LogP contribution in [0.5, 0.6) is 5.75 Å². The van der Waals surface area contributed by atoms with E-state index in [1.807, 2.05) is 30.3 Å². The summed E-state index contributed by atoms with van der Waals surface area (Å²) >= 11 is 3.38. The zero-order valence-corrected chi connectivity index (χ0v) is 13.8. The molecule has 2 rings (SSSR count). The molecule has 2 aromatic rings. The second kappa shape index (κ2) is 7.79. The molecule has 1 heterocycles. The van der Waals surface area contributed by atoms with Crippen molar-refractivity contribution in [1.29, 1.82) is 0 Å². The third kappa shape index (κ3) is 4.21. The maximum atomic E-state index is 11.5. The van der Waals surface area contributed by atoms with Gasteiger partial charge in [0.15, 0.2) is 0 Å². The Bertz CT molecular complexity index is 632. The Kier molecular flexibility index (Phi) is 5.77. The molecule has 0 aliphatic carbocycles. The Morgan fingerprint density at radius 2 is 2.00 bits per heavy atom. The van der Waals surface area contributed by atoms with Crippen molar-refractivity contribution in [2.24, 2.45) is 0 Å². The minimum atomic E-state index is -1.03. The van der Waals surface area contributed by atoms with E-state index >= 15 is 0 Å². The summed E-state index contributed by atoms with van der Waals surface area (Å²) in [6.45, 7) is 0.240. The van der Waals surface area contributed by atoms with Crippen molar-refractivity contribution in [3.8, 4) is 5.75 Å². The summed E-state index contributed by atoms with van der Waals surface area (Å²) < 4.78 is 5.10. The molecule has 0 atom stereocenters. The van der Waals surface area contributed by atoms with E-state index in [-0.39, 0.29) is 6.54 Å². The molecule has 0 saturated heterocycles. The molecule has 0 radical (unpaired) electrons. The summed E-state index contributed by atoms with van der Waals surface area (Å²) in [5.74, 6) is 1.17. The predicted molar refractivity (Wildman–Crippen MR) is 88.9 cm³/mol. The van der Waals surface area contributed by atoms with E-state index < -0.39 is 6.09 Å². The number of carbonyl (C=O) groups is 1. The molecule has 0 fully saturated rings. The topological polar surface area (TPSA) is 62.7 Å². The van der Waals surface area contributed by atoms with Gasteiger partial charge >= 0.3 is 6.09 Å². The molecule has 0 spiro atoms. The number of anilines is 1. The maximum absolute atomic E-state index is 11.5. The minimum absolute atomic E-state index is 0.240. The van der Waals surface area contributed by atoms with Gasteiger partial charge in [0.25, 0.3) is 0 Å². The third-order valence-electron chi connectivity index (χ3n) is 3.20. The first kappa shape index (κ1) is 16.3.